The molecule has 0 saturated carbocycles. The van der Waals surface area contributed by atoms with E-state index in [1.165, 1.54) is 19.3 Å². The van der Waals surface area contributed by atoms with E-state index in [2.05, 4.69) is 25.2 Å². The number of hydrogen-bond donors (Lipinski definition) is 1. The summed E-state index contributed by atoms with van der Waals surface area (Å²) in [6.07, 6.45) is 8.73. The predicted octanol–water partition coefficient (Wildman–Crippen LogP) is 1.75. The molecule has 0 heterocycles. The van der Waals surface area contributed by atoms with Gasteiger partial charge in [-0.25, -0.2) is 0 Å². The molecular formula is C8H15N. The van der Waals surface area contributed by atoms with Crippen molar-refractivity contribution < 1.29 is 0 Å². The second-order valence-electron chi connectivity index (χ2n) is 2.33. The zero-order valence-electron chi connectivity index (χ0n) is 6.28. The van der Waals surface area contributed by atoms with Gasteiger partial charge in [-0.2, -0.15) is 0 Å². The average molecular weight is 125 g/mol. The fourth-order valence-corrected chi connectivity index (χ4v) is 0.725. The molecule has 0 aromatic carbocycles. The van der Waals surface area contributed by atoms with Crippen LogP contribution >= 0.6 is 0 Å². The number of terminal acetylenes is 1. The Kier molecular flexibility index (Phi) is 5.11. The Morgan fingerprint density at radius 2 is 2.33 bits per heavy atom. The van der Waals surface area contributed by atoms with Gasteiger partial charge < -0.3 is 5.32 Å². The van der Waals surface area contributed by atoms with Crippen LogP contribution in [0.3, 0.4) is 0 Å². The largest absolute Gasteiger partial charge is 0.343 e. The summed E-state index contributed by atoms with van der Waals surface area (Å²) in [4.78, 5) is 0. The van der Waals surface area contributed by atoms with Crippen LogP contribution in [-0.4, -0.2) is 6.04 Å². The van der Waals surface area contributed by atoms with Crippen molar-refractivity contribution in [2.24, 2.45) is 0 Å². The lowest BCUT2D eigenvalue weighted by molar-refractivity contribution is 0.564. The Morgan fingerprint density at radius 1 is 1.67 bits per heavy atom. The van der Waals surface area contributed by atoms with E-state index in [1.807, 2.05) is 0 Å². The molecule has 0 saturated heterocycles. The zero-order chi connectivity index (χ0) is 7.11. The molecule has 1 unspecified atom stereocenters. The van der Waals surface area contributed by atoms with E-state index in [-0.39, 0.29) is 0 Å². The van der Waals surface area contributed by atoms with Crippen molar-refractivity contribution in [3.05, 3.63) is 0 Å². The van der Waals surface area contributed by atoms with E-state index in [0.29, 0.717) is 6.04 Å². The van der Waals surface area contributed by atoms with Crippen molar-refractivity contribution in [1.82, 2.24) is 5.32 Å². The first-order chi connectivity index (χ1) is 4.31. The smallest absolute Gasteiger partial charge is 0.0312 e. The Morgan fingerprint density at radius 3 is 2.78 bits per heavy atom. The minimum atomic E-state index is 0.481. The summed E-state index contributed by atoms with van der Waals surface area (Å²) in [6.45, 7) is 4.29. The van der Waals surface area contributed by atoms with E-state index < -0.39 is 0 Å². The van der Waals surface area contributed by atoms with Crippen molar-refractivity contribution in [3.63, 3.8) is 0 Å². The molecule has 0 fully saturated rings. The van der Waals surface area contributed by atoms with Gasteiger partial charge in [0.15, 0.2) is 0 Å². The highest BCUT2D eigenvalue weighted by Crippen LogP contribution is 1.97. The molecule has 0 aromatic heterocycles. The van der Waals surface area contributed by atoms with Gasteiger partial charge in [0.05, 0.1) is 0 Å². The fourth-order valence-electron chi connectivity index (χ4n) is 0.725. The minimum Gasteiger partial charge on any atom is -0.343 e. The molecular weight excluding hydrogens is 110 g/mol. The Balaban J connectivity index is 3.08. The number of unbranched alkanes of at least 4 members (excludes halogenated alkanes) is 1. The van der Waals surface area contributed by atoms with Crippen molar-refractivity contribution in [2.75, 3.05) is 0 Å². The highest BCUT2D eigenvalue weighted by Gasteiger charge is 1.94. The molecule has 0 aliphatic rings. The Bertz CT molecular complexity index is 91.2. The fraction of sp³-hybridized carbons (Fsp3) is 0.750. The first-order valence-corrected chi connectivity index (χ1v) is 3.52. The molecule has 0 aromatic rings. The molecule has 1 heteroatoms. The maximum atomic E-state index is 5.04. The standard InChI is InChI=1S/C8H15N/c1-4-6-7-8(3)9-5-2/h2,8-9H,4,6-7H2,1,3H3. The van der Waals surface area contributed by atoms with Crippen LogP contribution in [-0.2, 0) is 0 Å². The summed E-state index contributed by atoms with van der Waals surface area (Å²) in [7, 11) is 0. The topological polar surface area (TPSA) is 12.0 Å². The molecule has 0 spiro atoms. The van der Waals surface area contributed by atoms with Crippen LogP contribution in [0.25, 0.3) is 0 Å². The second kappa shape index (κ2) is 5.50. The molecule has 0 bridgehead atoms. The molecule has 0 rings (SSSR count). The van der Waals surface area contributed by atoms with E-state index in [1.54, 1.807) is 0 Å². The molecule has 9 heavy (non-hydrogen) atoms. The number of hydrogen-bond acceptors (Lipinski definition) is 1. The third-order valence-electron chi connectivity index (χ3n) is 1.32. The summed E-state index contributed by atoms with van der Waals surface area (Å²) in [5, 5.41) is 2.91. The minimum absolute atomic E-state index is 0.481. The number of rotatable bonds is 4. The summed E-state index contributed by atoms with van der Waals surface area (Å²) < 4.78 is 0. The molecule has 0 radical (unpaired) electrons. The lowest BCUT2D eigenvalue weighted by Gasteiger charge is -2.07. The van der Waals surface area contributed by atoms with Gasteiger partial charge in [-0.15, -0.1) is 0 Å². The van der Waals surface area contributed by atoms with Gasteiger partial charge in [0.25, 0.3) is 0 Å². The highest BCUT2D eigenvalue weighted by molar-refractivity contribution is 4.83. The van der Waals surface area contributed by atoms with Crippen molar-refractivity contribution in [3.8, 4) is 12.5 Å². The molecule has 1 atom stereocenters. The lowest BCUT2D eigenvalue weighted by Crippen LogP contribution is -2.19. The summed E-state index contributed by atoms with van der Waals surface area (Å²) in [6, 6.07) is 2.91. The normalized spacial score (nSPS) is 12.1. The van der Waals surface area contributed by atoms with E-state index >= 15 is 0 Å². The average Bonchev–Trinajstić information content (AvgIpc) is 1.85. The van der Waals surface area contributed by atoms with Crippen LogP contribution in [0, 0.1) is 12.5 Å². The molecule has 0 aliphatic carbocycles. The second-order valence-corrected chi connectivity index (χ2v) is 2.33. The van der Waals surface area contributed by atoms with Gasteiger partial charge in [-0.3, -0.25) is 0 Å². The first-order valence-electron chi connectivity index (χ1n) is 3.52. The summed E-state index contributed by atoms with van der Waals surface area (Å²) in [5.74, 6) is 0. The van der Waals surface area contributed by atoms with Crippen molar-refractivity contribution >= 4 is 0 Å². The molecule has 0 amide bonds. The van der Waals surface area contributed by atoms with Crippen LogP contribution in [0.2, 0.25) is 0 Å². The summed E-state index contributed by atoms with van der Waals surface area (Å²) >= 11 is 0. The highest BCUT2D eigenvalue weighted by atomic mass is 14.9. The number of nitrogens with one attached hydrogen (secondary N) is 1. The van der Waals surface area contributed by atoms with Gasteiger partial charge in [-0.1, -0.05) is 26.2 Å². The Labute approximate surface area is 57.8 Å². The third-order valence-corrected chi connectivity index (χ3v) is 1.32. The van der Waals surface area contributed by atoms with Gasteiger partial charge in [0.1, 0.15) is 0 Å². The quantitative estimate of drug-likeness (QED) is 0.446. The van der Waals surface area contributed by atoms with Crippen LogP contribution in [0.5, 0.6) is 0 Å². The molecule has 52 valence electrons. The zero-order valence-corrected chi connectivity index (χ0v) is 6.28. The monoisotopic (exact) mass is 125 g/mol. The predicted molar refractivity (Wildman–Crippen MR) is 41.0 cm³/mol. The van der Waals surface area contributed by atoms with Gasteiger partial charge >= 0.3 is 0 Å². The van der Waals surface area contributed by atoms with Gasteiger partial charge in [0, 0.05) is 12.1 Å². The van der Waals surface area contributed by atoms with Crippen LogP contribution in [0.1, 0.15) is 33.1 Å². The van der Waals surface area contributed by atoms with Crippen molar-refractivity contribution in [2.45, 2.75) is 39.2 Å². The molecule has 0 aliphatic heterocycles. The van der Waals surface area contributed by atoms with Crippen LogP contribution in [0.15, 0.2) is 0 Å². The van der Waals surface area contributed by atoms with E-state index in [9.17, 15) is 0 Å². The molecule has 1 N–H and O–H groups in total. The maximum absolute atomic E-state index is 5.04. The van der Waals surface area contributed by atoms with Crippen LogP contribution < -0.4 is 5.32 Å². The summed E-state index contributed by atoms with van der Waals surface area (Å²) in [5.41, 5.74) is 0. The lowest BCUT2D eigenvalue weighted by atomic mass is 10.1. The first kappa shape index (κ1) is 8.36. The maximum Gasteiger partial charge on any atom is 0.0312 e. The Hall–Kier alpha value is -0.640. The SMILES string of the molecule is C#CNC(C)CCCC. The van der Waals surface area contributed by atoms with Crippen molar-refractivity contribution in [1.29, 1.82) is 0 Å². The third kappa shape index (κ3) is 5.23. The molecule has 1 nitrogen and oxygen atoms in total. The van der Waals surface area contributed by atoms with Gasteiger partial charge in [-0.05, 0) is 13.3 Å². The van der Waals surface area contributed by atoms with Crippen LogP contribution in [0.4, 0.5) is 0 Å². The van der Waals surface area contributed by atoms with E-state index in [4.69, 9.17) is 6.42 Å². The van der Waals surface area contributed by atoms with E-state index in [0.717, 1.165) is 0 Å². The van der Waals surface area contributed by atoms with Gasteiger partial charge in [0.2, 0.25) is 0 Å².